The lowest BCUT2D eigenvalue weighted by Crippen LogP contribution is -2.58. The van der Waals surface area contributed by atoms with Crippen LogP contribution in [0, 0.1) is 6.92 Å². The molecule has 7 heteroatoms. The largest absolute Gasteiger partial charge is 0.390 e. The van der Waals surface area contributed by atoms with Gasteiger partial charge in [0.25, 0.3) is 0 Å². The van der Waals surface area contributed by atoms with Crippen molar-refractivity contribution in [2.75, 3.05) is 0 Å². The zero-order valence-corrected chi connectivity index (χ0v) is 18.7. The van der Waals surface area contributed by atoms with Crippen LogP contribution in [0.1, 0.15) is 31.0 Å². The lowest BCUT2D eigenvalue weighted by Gasteiger charge is -2.49. The zero-order chi connectivity index (χ0) is 22.1. The summed E-state index contributed by atoms with van der Waals surface area (Å²) in [4.78, 5) is 10.8. The molecule has 1 fully saturated rings. The Morgan fingerprint density at radius 1 is 1.12 bits per heavy atom. The molecule has 0 aliphatic heterocycles. The van der Waals surface area contributed by atoms with Crippen molar-refractivity contribution in [1.29, 1.82) is 0 Å². The molecule has 0 amide bonds. The third kappa shape index (κ3) is 3.04. The van der Waals surface area contributed by atoms with Crippen molar-refractivity contribution in [2.45, 2.75) is 37.8 Å². The topological polar surface area (TPSA) is 89.3 Å². The summed E-state index contributed by atoms with van der Waals surface area (Å²) in [5.74, 6) is 0. The number of aromatic nitrogens is 4. The number of hydrogen-bond donors (Lipinski definition) is 2. The molecule has 0 atom stereocenters. The normalized spacial score (nSPS) is 23.0. The third-order valence-electron chi connectivity index (χ3n) is 6.29. The minimum absolute atomic E-state index is 0.472. The van der Waals surface area contributed by atoms with Crippen molar-refractivity contribution in [2.24, 2.45) is 5.73 Å². The first kappa shape index (κ1) is 19.5. The fourth-order valence-electron chi connectivity index (χ4n) is 4.96. The predicted octanol–water partition coefficient (Wildman–Crippen LogP) is 4.68. The molecule has 1 aromatic carbocycles. The Labute approximate surface area is 189 Å². The number of nitrogens with zero attached hydrogens (tertiary/aromatic N) is 4. The molecule has 0 saturated heterocycles. The number of aryl methyl sites for hydroxylation is 1. The molecule has 3 N–H and O–H groups in total. The van der Waals surface area contributed by atoms with Gasteiger partial charge in [-0.05, 0) is 49.8 Å². The standard InChI is InChI=1S/C25H23N5OS/c1-15-10-21-27-12-17-11-19(20-4-3-9-32-20)22(28-23(17)30(21)29-15)16-5-7-18(8-6-16)25(26)13-24(2,31)14-25/h3-12,31H,13-14,26H2,1-2H3/t24-,25-. The van der Waals surface area contributed by atoms with Crippen LogP contribution in [0.15, 0.2) is 60.1 Å². The van der Waals surface area contributed by atoms with E-state index in [2.05, 4.69) is 57.9 Å². The quantitative estimate of drug-likeness (QED) is 0.424. The number of fused-ring (bicyclic) bond motifs is 3. The van der Waals surface area contributed by atoms with Gasteiger partial charge < -0.3 is 10.8 Å². The van der Waals surface area contributed by atoms with E-state index in [1.54, 1.807) is 11.3 Å². The number of rotatable bonds is 3. The zero-order valence-electron chi connectivity index (χ0n) is 17.9. The van der Waals surface area contributed by atoms with Crippen molar-refractivity contribution in [3.63, 3.8) is 0 Å². The first-order valence-electron chi connectivity index (χ1n) is 10.6. The Kier molecular flexibility index (Phi) is 4.08. The Morgan fingerprint density at radius 3 is 2.59 bits per heavy atom. The number of benzene rings is 1. The maximum atomic E-state index is 10.2. The second-order valence-corrected chi connectivity index (χ2v) is 10.1. The summed E-state index contributed by atoms with van der Waals surface area (Å²) >= 11 is 1.69. The van der Waals surface area contributed by atoms with Crippen molar-refractivity contribution in [1.82, 2.24) is 19.6 Å². The maximum absolute atomic E-state index is 10.2. The van der Waals surface area contributed by atoms with Crippen molar-refractivity contribution >= 4 is 28.0 Å². The molecule has 4 aromatic heterocycles. The average Bonchev–Trinajstić information content (AvgIpc) is 3.40. The molecule has 1 aliphatic rings. The van der Waals surface area contributed by atoms with E-state index in [4.69, 9.17) is 10.7 Å². The van der Waals surface area contributed by atoms with Crippen LogP contribution in [0.3, 0.4) is 0 Å². The van der Waals surface area contributed by atoms with Crippen molar-refractivity contribution in [3.8, 4) is 21.7 Å². The Bertz CT molecular complexity index is 1460. The molecule has 0 spiro atoms. The summed E-state index contributed by atoms with van der Waals surface area (Å²) in [5, 5.41) is 17.8. The van der Waals surface area contributed by atoms with E-state index in [-0.39, 0.29) is 0 Å². The number of pyridine rings is 1. The van der Waals surface area contributed by atoms with Crippen LogP contribution >= 0.6 is 11.3 Å². The Balaban J connectivity index is 1.52. The van der Waals surface area contributed by atoms with Gasteiger partial charge in [0.1, 0.15) is 0 Å². The molecule has 6 nitrogen and oxygen atoms in total. The van der Waals surface area contributed by atoms with Gasteiger partial charge in [0.2, 0.25) is 0 Å². The summed E-state index contributed by atoms with van der Waals surface area (Å²) in [6.07, 6.45) is 3.00. The van der Waals surface area contributed by atoms with Crippen LogP contribution in [-0.2, 0) is 5.54 Å². The van der Waals surface area contributed by atoms with E-state index in [1.807, 2.05) is 30.6 Å². The SMILES string of the molecule is Cc1cc2ncc3cc(-c4cccs4)c(-c4ccc([C@]5(N)C[C@](C)(O)C5)cc4)nc3n2n1. The van der Waals surface area contributed by atoms with E-state index in [0.29, 0.717) is 12.8 Å². The highest BCUT2D eigenvalue weighted by molar-refractivity contribution is 7.13. The van der Waals surface area contributed by atoms with E-state index in [1.165, 1.54) is 0 Å². The smallest absolute Gasteiger partial charge is 0.165 e. The van der Waals surface area contributed by atoms with Gasteiger partial charge in [-0.1, -0.05) is 30.3 Å². The summed E-state index contributed by atoms with van der Waals surface area (Å²) in [6.45, 7) is 3.80. The lowest BCUT2D eigenvalue weighted by atomic mass is 9.63. The number of aliphatic hydroxyl groups is 1. The molecule has 4 heterocycles. The summed E-state index contributed by atoms with van der Waals surface area (Å²) in [7, 11) is 0. The Morgan fingerprint density at radius 2 is 1.91 bits per heavy atom. The lowest BCUT2D eigenvalue weighted by molar-refractivity contribution is -0.0738. The van der Waals surface area contributed by atoms with Gasteiger partial charge in [-0.2, -0.15) is 9.61 Å². The van der Waals surface area contributed by atoms with Crippen LogP contribution in [0.25, 0.3) is 38.4 Å². The van der Waals surface area contributed by atoms with Gasteiger partial charge in [0, 0.05) is 39.2 Å². The minimum Gasteiger partial charge on any atom is -0.390 e. The molecule has 0 radical (unpaired) electrons. The van der Waals surface area contributed by atoms with E-state index in [9.17, 15) is 5.11 Å². The fraction of sp³-hybridized carbons (Fsp3) is 0.240. The predicted molar refractivity (Wildman–Crippen MR) is 127 cm³/mol. The van der Waals surface area contributed by atoms with Gasteiger partial charge in [0.05, 0.1) is 17.0 Å². The molecule has 6 rings (SSSR count). The first-order chi connectivity index (χ1) is 15.3. The highest BCUT2D eigenvalue weighted by Gasteiger charge is 2.49. The first-order valence-corrected chi connectivity index (χ1v) is 11.5. The monoisotopic (exact) mass is 441 g/mol. The second kappa shape index (κ2) is 6.68. The molecular weight excluding hydrogens is 418 g/mol. The van der Waals surface area contributed by atoms with Gasteiger partial charge in [0.15, 0.2) is 11.3 Å². The van der Waals surface area contributed by atoms with Gasteiger partial charge in [-0.25, -0.2) is 9.97 Å². The third-order valence-corrected chi connectivity index (χ3v) is 7.20. The van der Waals surface area contributed by atoms with Crippen LogP contribution in [-0.4, -0.2) is 30.3 Å². The molecule has 0 bridgehead atoms. The fourth-order valence-corrected chi connectivity index (χ4v) is 5.71. The molecule has 1 saturated carbocycles. The second-order valence-electron chi connectivity index (χ2n) is 9.17. The average molecular weight is 442 g/mol. The summed E-state index contributed by atoms with van der Waals surface area (Å²) in [5.41, 5.74) is 11.9. The Hall–Kier alpha value is -3.13. The highest BCUT2D eigenvalue weighted by Crippen LogP contribution is 2.46. The van der Waals surface area contributed by atoms with Crippen LogP contribution < -0.4 is 5.73 Å². The minimum atomic E-state index is -0.680. The van der Waals surface area contributed by atoms with E-state index in [0.717, 1.165) is 49.6 Å². The van der Waals surface area contributed by atoms with E-state index < -0.39 is 11.1 Å². The number of nitrogens with two attached hydrogens (primary N) is 1. The number of thiophene rings is 1. The van der Waals surface area contributed by atoms with Crippen LogP contribution in [0.5, 0.6) is 0 Å². The summed E-state index contributed by atoms with van der Waals surface area (Å²) in [6, 6.07) is 16.6. The summed E-state index contributed by atoms with van der Waals surface area (Å²) < 4.78 is 1.81. The van der Waals surface area contributed by atoms with Crippen LogP contribution in [0.4, 0.5) is 0 Å². The molecule has 1 aliphatic carbocycles. The van der Waals surface area contributed by atoms with Gasteiger partial charge >= 0.3 is 0 Å². The maximum Gasteiger partial charge on any atom is 0.165 e. The van der Waals surface area contributed by atoms with Gasteiger partial charge in [-0.3, -0.25) is 0 Å². The van der Waals surface area contributed by atoms with Crippen molar-refractivity contribution in [3.05, 3.63) is 71.4 Å². The van der Waals surface area contributed by atoms with E-state index >= 15 is 0 Å². The van der Waals surface area contributed by atoms with Gasteiger partial charge in [-0.15, -0.1) is 11.3 Å². The highest BCUT2D eigenvalue weighted by atomic mass is 32.1. The molecular formula is C25H23N5OS. The molecule has 32 heavy (non-hydrogen) atoms. The molecule has 5 aromatic rings. The van der Waals surface area contributed by atoms with Crippen LogP contribution in [0.2, 0.25) is 0 Å². The van der Waals surface area contributed by atoms with Crippen molar-refractivity contribution < 1.29 is 5.11 Å². The number of hydrogen-bond acceptors (Lipinski definition) is 6. The molecule has 0 unspecified atom stereocenters. The molecule has 160 valence electrons.